The zero-order valence-corrected chi connectivity index (χ0v) is 14.9. The number of rotatable bonds is 7. The van der Waals surface area contributed by atoms with Gasteiger partial charge in [0.2, 0.25) is 0 Å². The monoisotopic (exact) mass is 400 g/mol. The average Bonchev–Trinajstić information content (AvgIpc) is 2.62. The van der Waals surface area contributed by atoms with Crippen molar-refractivity contribution in [2.75, 3.05) is 25.0 Å². The van der Waals surface area contributed by atoms with E-state index in [0.717, 1.165) is 18.2 Å². The fourth-order valence-electron chi connectivity index (χ4n) is 2.08. The van der Waals surface area contributed by atoms with Crippen LogP contribution in [0.2, 0.25) is 0 Å². The Labute approximate surface area is 154 Å². The Balaban J connectivity index is 2.42. The van der Waals surface area contributed by atoms with Crippen LogP contribution >= 0.6 is 0 Å². The van der Waals surface area contributed by atoms with Crippen LogP contribution in [0.3, 0.4) is 0 Å². The first kappa shape index (κ1) is 20.5. The van der Waals surface area contributed by atoms with E-state index in [1.165, 1.54) is 25.3 Å². The molecule has 0 bridgehead atoms. The second-order valence-electron chi connectivity index (χ2n) is 5.30. The zero-order valence-electron chi connectivity index (χ0n) is 14.1. The quantitative estimate of drug-likeness (QED) is 0.720. The Morgan fingerprint density at radius 2 is 1.89 bits per heavy atom. The van der Waals surface area contributed by atoms with Crippen molar-refractivity contribution in [3.8, 4) is 11.8 Å². The number of sulfonamides is 1. The topological polar surface area (TPSA) is 88.4 Å². The molecule has 27 heavy (non-hydrogen) atoms. The van der Waals surface area contributed by atoms with E-state index in [4.69, 9.17) is 14.7 Å². The summed E-state index contributed by atoms with van der Waals surface area (Å²) in [6.45, 7) is 0.179. The fourth-order valence-corrected chi connectivity index (χ4v) is 3.19. The highest BCUT2D eigenvalue weighted by molar-refractivity contribution is 7.92. The summed E-state index contributed by atoms with van der Waals surface area (Å²) in [5.74, 6) is -0.0833. The van der Waals surface area contributed by atoms with E-state index in [1.807, 2.05) is 0 Å². The molecule has 2 aromatic rings. The molecule has 0 aliphatic heterocycles. The standard InChI is InChI=1S/C17H15F3N2O4S/c1-25-7-8-26-16-6-5-13(17(18,19)20)10-15(16)22-27(23,24)14-4-2-3-12(9-14)11-21/h2-6,9-10,22H,7-8H2,1H3. The van der Waals surface area contributed by atoms with Gasteiger partial charge in [-0.2, -0.15) is 18.4 Å². The van der Waals surface area contributed by atoms with Crippen LogP contribution in [-0.2, 0) is 20.9 Å². The number of methoxy groups -OCH3 is 1. The Bertz CT molecular complexity index is 953. The normalized spacial score (nSPS) is 11.7. The van der Waals surface area contributed by atoms with Crippen LogP contribution in [0.1, 0.15) is 11.1 Å². The van der Waals surface area contributed by atoms with Crippen LogP contribution in [0.25, 0.3) is 0 Å². The molecule has 144 valence electrons. The van der Waals surface area contributed by atoms with Crippen LogP contribution < -0.4 is 9.46 Å². The Kier molecular flexibility index (Phi) is 6.30. The smallest absolute Gasteiger partial charge is 0.416 e. The molecule has 0 saturated carbocycles. The number of alkyl halides is 3. The van der Waals surface area contributed by atoms with E-state index in [1.54, 1.807) is 6.07 Å². The molecule has 2 aromatic carbocycles. The molecule has 0 aliphatic rings. The van der Waals surface area contributed by atoms with Crippen molar-refractivity contribution in [2.24, 2.45) is 0 Å². The molecule has 10 heteroatoms. The summed E-state index contributed by atoms with van der Waals surface area (Å²) < 4.78 is 76.2. The predicted octanol–water partition coefficient (Wildman–Crippen LogP) is 3.40. The summed E-state index contributed by atoms with van der Waals surface area (Å²) in [5.41, 5.74) is -1.31. The molecule has 0 amide bonds. The lowest BCUT2D eigenvalue weighted by atomic mass is 10.2. The Hall–Kier alpha value is -2.77. The van der Waals surface area contributed by atoms with Crippen molar-refractivity contribution in [3.63, 3.8) is 0 Å². The van der Waals surface area contributed by atoms with E-state index in [0.29, 0.717) is 6.07 Å². The van der Waals surface area contributed by atoms with E-state index < -0.39 is 21.8 Å². The highest BCUT2D eigenvalue weighted by atomic mass is 32.2. The molecule has 0 aliphatic carbocycles. The molecule has 0 fully saturated rings. The van der Waals surface area contributed by atoms with Gasteiger partial charge in [0, 0.05) is 7.11 Å². The number of halogens is 3. The predicted molar refractivity (Wildman–Crippen MR) is 90.8 cm³/mol. The van der Waals surface area contributed by atoms with Crippen molar-refractivity contribution in [3.05, 3.63) is 53.6 Å². The third-order valence-electron chi connectivity index (χ3n) is 3.37. The first-order valence-corrected chi connectivity index (χ1v) is 9.01. The van der Waals surface area contributed by atoms with Gasteiger partial charge in [-0.05, 0) is 36.4 Å². The van der Waals surface area contributed by atoms with Crippen LogP contribution in [0, 0.1) is 11.3 Å². The number of hydrogen-bond donors (Lipinski definition) is 1. The SMILES string of the molecule is COCCOc1ccc(C(F)(F)F)cc1NS(=O)(=O)c1cccc(C#N)c1. The van der Waals surface area contributed by atoms with Gasteiger partial charge in [-0.25, -0.2) is 8.42 Å². The van der Waals surface area contributed by atoms with E-state index >= 15 is 0 Å². The first-order valence-electron chi connectivity index (χ1n) is 7.53. The molecule has 0 aromatic heterocycles. The molecular formula is C17H15F3N2O4S. The number of nitrogens with zero attached hydrogens (tertiary/aromatic N) is 1. The molecule has 0 heterocycles. The minimum atomic E-state index is -4.66. The minimum Gasteiger partial charge on any atom is -0.489 e. The van der Waals surface area contributed by atoms with Crippen molar-refractivity contribution < 1.29 is 31.1 Å². The van der Waals surface area contributed by atoms with Crippen molar-refractivity contribution >= 4 is 15.7 Å². The highest BCUT2D eigenvalue weighted by Gasteiger charge is 2.32. The van der Waals surface area contributed by atoms with Gasteiger partial charge in [0.15, 0.2) is 0 Å². The summed E-state index contributed by atoms with van der Waals surface area (Å²) >= 11 is 0. The Morgan fingerprint density at radius 3 is 2.52 bits per heavy atom. The van der Waals surface area contributed by atoms with Gasteiger partial charge in [0.25, 0.3) is 10.0 Å². The largest absolute Gasteiger partial charge is 0.489 e. The maximum Gasteiger partial charge on any atom is 0.416 e. The lowest BCUT2D eigenvalue weighted by Gasteiger charge is -2.16. The summed E-state index contributed by atoms with van der Waals surface area (Å²) in [6.07, 6.45) is -4.66. The third kappa shape index (κ3) is 5.35. The molecule has 0 unspecified atom stereocenters. The fraction of sp³-hybridized carbons (Fsp3) is 0.235. The molecule has 2 rings (SSSR count). The zero-order chi connectivity index (χ0) is 20.1. The lowest BCUT2D eigenvalue weighted by molar-refractivity contribution is -0.137. The van der Waals surface area contributed by atoms with Crippen molar-refractivity contribution in [1.82, 2.24) is 0 Å². The van der Waals surface area contributed by atoms with Gasteiger partial charge in [0.1, 0.15) is 12.4 Å². The summed E-state index contributed by atoms with van der Waals surface area (Å²) in [5, 5.41) is 8.89. The molecule has 0 radical (unpaired) electrons. The molecule has 0 atom stereocenters. The summed E-state index contributed by atoms with van der Waals surface area (Å²) in [6, 6.07) is 9.36. The van der Waals surface area contributed by atoms with Crippen molar-refractivity contribution in [2.45, 2.75) is 11.1 Å². The summed E-state index contributed by atoms with van der Waals surface area (Å²) in [7, 11) is -2.82. The van der Waals surface area contributed by atoms with Gasteiger partial charge in [-0.15, -0.1) is 0 Å². The van der Waals surface area contributed by atoms with E-state index in [9.17, 15) is 21.6 Å². The number of nitriles is 1. The van der Waals surface area contributed by atoms with Crippen molar-refractivity contribution in [1.29, 1.82) is 5.26 Å². The van der Waals surface area contributed by atoms with Gasteiger partial charge >= 0.3 is 6.18 Å². The van der Waals surface area contributed by atoms with Crippen LogP contribution in [0.15, 0.2) is 47.4 Å². The third-order valence-corrected chi connectivity index (χ3v) is 4.73. The van der Waals surface area contributed by atoms with Gasteiger partial charge in [-0.3, -0.25) is 4.72 Å². The molecular weight excluding hydrogens is 385 g/mol. The number of anilines is 1. The average molecular weight is 400 g/mol. The molecule has 6 nitrogen and oxygen atoms in total. The number of nitrogens with one attached hydrogen (secondary N) is 1. The highest BCUT2D eigenvalue weighted by Crippen LogP contribution is 2.36. The van der Waals surface area contributed by atoms with Gasteiger partial charge in [-0.1, -0.05) is 6.07 Å². The maximum absolute atomic E-state index is 13.0. The van der Waals surface area contributed by atoms with E-state index in [2.05, 4.69) is 4.72 Å². The second kappa shape index (κ2) is 8.28. The van der Waals surface area contributed by atoms with Gasteiger partial charge < -0.3 is 9.47 Å². The minimum absolute atomic E-state index is 0.0144. The lowest BCUT2D eigenvalue weighted by Crippen LogP contribution is -2.16. The van der Waals surface area contributed by atoms with Crippen LogP contribution in [-0.4, -0.2) is 28.7 Å². The molecule has 0 saturated heterocycles. The second-order valence-corrected chi connectivity index (χ2v) is 6.98. The first-order chi connectivity index (χ1) is 12.7. The molecule has 1 N–H and O–H groups in total. The summed E-state index contributed by atoms with van der Waals surface area (Å²) in [4.78, 5) is -0.262. The molecule has 0 spiro atoms. The van der Waals surface area contributed by atoms with E-state index in [-0.39, 0.29) is 35.1 Å². The number of ether oxygens (including phenoxy) is 2. The van der Waals surface area contributed by atoms with Crippen LogP contribution in [0.5, 0.6) is 5.75 Å². The number of benzene rings is 2. The number of hydrogen-bond acceptors (Lipinski definition) is 5. The van der Waals surface area contributed by atoms with Gasteiger partial charge in [0.05, 0.1) is 34.4 Å². The maximum atomic E-state index is 13.0. The Morgan fingerprint density at radius 1 is 1.15 bits per heavy atom. The van der Waals surface area contributed by atoms with Crippen LogP contribution in [0.4, 0.5) is 18.9 Å².